The Kier molecular flexibility index (Phi) is 5.16. The number of aromatic amines is 1. The number of carbonyl (C=O) groups is 1. The number of hydrogen-bond acceptors (Lipinski definition) is 4. The van der Waals surface area contributed by atoms with Crippen LogP contribution in [0, 0.1) is 6.92 Å². The van der Waals surface area contributed by atoms with Gasteiger partial charge in [-0.05, 0) is 13.8 Å². The summed E-state index contributed by atoms with van der Waals surface area (Å²) in [6.07, 6.45) is 1.65. The number of rotatable bonds is 6. The van der Waals surface area contributed by atoms with E-state index in [1.165, 1.54) is 17.3 Å². The van der Waals surface area contributed by atoms with Crippen LogP contribution < -0.4 is 5.32 Å². The van der Waals surface area contributed by atoms with Crippen molar-refractivity contribution in [2.75, 3.05) is 6.54 Å². The first-order chi connectivity index (χ1) is 10.1. The highest BCUT2D eigenvalue weighted by Crippen LogP contribution is 2.22. The molecule has 0 spiro atoms. The first kappa shape index (κ1) is 15.3. The smallest absolute Gasteiger partial charge is 0.233 e. The molecule has 0 fully saturated rings. The molecule has 1 heterocycles. The number of nitrogens with one attached hydrogen (secondary N) is 2. The SMILES string of the molecule is C=CCNC(=O)C(C)Sc1n[nH]c(-c2ccc(C)cc2)n1. The Balaban J connectivity index is 2.01. The van der Waals surface area contributed by atoms with Crippen LogP contribution in [0.2, 0.25) is 0 Å². The van der Waals surface area contributed by atoms with Crippen LogP contribution in [-0.4, -0.2) is 32.9 Å². The maximum absolute atomic E-state index is 11.8. The summed E-state index contributed by atoms with van der Waals surface area (Å²) in [6.45, 7) is 7.89. The Hall–Kier alpha value is -2.08. The van der Waals surface area contributed by atoms with Crippen LogP contribution in [0.1, 0.15) is 12.5 Å². The van der Waals surface area contributed by atoms with Gasteiger partial charge in [0.1, 0.15) is 0 Å². The summed E-state index contributed by atoms with van der Waals surface area (Å²) in [5.41, 5.74) is 2.17. The van der Waals surface area contributed by atoms with Crippen LogP contribution >= 0.6 is 11.8 Å². The Morgan fingerprint density at radius 2 is 2.19 bits per heavy atom. The van der Waals surface area contributed by atoms with E-state index in [1.807, 2.05) is 38.1 Å². The zero-order chi connectivity index (χ0) is 15.2. The van der Waals surface area contributed by atoms with Gasteiger partial charge in [-0.3, -0.25) is 9.89 Å². The summed E-state index contributed by atoms with van der Waals surface area (Å²) in [4.78, 5) is 16.2. The number of carbonyl (C=O) groups excluding carboxylic acids is 1. The molecule has 1 unspecified atom stereocenters. The quantitative estimate of drug-likeness (QED) is 0.635. The van der Waals surface area contributed by atoms with Crippen LogP contribution in [0.4, 0.5) is 0 Å². The summed E-state index contributed by atoms with van der Waals surface area (Å²) in [6, 6.07) is 8.03. The van der Waals surface area contributed by atoms with E-state index in [1.54, 1.807) is 6.08 Å². The number of thioether (sulfide) groups is 1. The molecule has 1 amide bonds. The number of amides is 1. The molecule has 0 radical (unpaired) electrons. The van der Waals surface area contributed by atoms with Crippen molar-refractivity contribution in [3.8, 4) is 11.4 Å². The molecule has 1 atom stereocenters. The number of nitrogens with zero attached hydrogens (tertiary/aromatic N) is 2. The van der Waals surface area contributed by atoms with Crippen molar-refractivity contribution in [1.29, 1.82) is 0 Å². The second-order valence-electron chi connectivity index (χ2n) is 4.63. The Labute approximate surface area is 128 Å². The highest BCUT2D eigenvalue weighted by atomic mass is 32.2. The molecule has 0 aliphatic heterocycles. The van der Waals surface area contributed by atoms with Gasteiger partial charge >= 0.3 is 0 Å². The lowest BCUT2D eigenvalue weighted by atomic mass is 10.1. The van der Waals surface area contributed by atoms with E-state index < -0.39 is 0 Å². The lowest BCUT2D eigenvalue weighted by Gasteiger charge is -2.07. The second-order valence-corrected chi connectivity index (χ2v) is 5.93. The van der Waals surface area contributed by atoms with Gasteiger partial charge in [-0.25, -0.2) is 4.98 Å². The summed E-state index contributed by atoms with van der Waals surface area (Å²) < 4.78 is 0. The molecule has 110 valence electrons. The number of aryl methyl sites for hydroxylation is 1. The molecule has 2 rings (SSSR count). The predicted molar refractivity (Wildman–Crippen MR) is 85.1 cm³/mol. The van der Waals surface area contributed by atoms with Crippen molar-refractivity contribution in [1.82, 2.24) is 20.5 Å². The van der Waals surface area contributed by atoms with Crippen molar-refractivity contribution in [2.45, 2.75) is 24.3 Å². The Morgan fingerprint density at radius 1 is 1.48 bits per heavy atom. The van der Waals surface area contributed by atoms with Gasteiger partial charge < -0.3 is 5.32 Å². The number of benzene rings is 1. The minimum atomic E-state index is -0.258. The molecular weight excluding hydrogens is 284 g/mol. The molecule has 0 bridgehead atoms. The number of hydrogen-bond donors (Lipinski definition) is 2. The molecule has 6 heteroatoms. The van der Waals surface area contributed by atoms with Gasteiger partial charge in [0, 0.05) is 12.1 Å². The van der Waals surface area contributed by atoms with Gasteiger partial charge in [-0.1, -0.05) is 47.7 Å². The fraction of sp³-hybridized carbons (Fsp3) is 0.267. The zero-order valence-corrected chi connectivity index (χ0v) is 12.9. The molecule has 2 aromatic rings. The lowest BCUT2D eigenvalue weighted by Crippen LogP contribution is -2.30. The van der Waals surface area contributed by atoms with Crippen molar-refractivity contribution in [3.63, 3.8) is 0 Å². The fourth-order valence-electron chi connectivity index (χ4n) is 1.67. The van der Waals surface area contributed by atoms with Gasteiger partial charge in [0.2, 0.25) is 11.1 Å². The van der Waals surface area contributed by atoms with E-state index in [9.17, 15) is 4.79 Å². The van der Waals surface area contributed by atoms with Crippen LogP contribution in [0.3, 0.4) is 0 Å². The largest absolute Gasteiger partial charge is 0.352 e. The first-order valence-electron chi connectivity index (χ1n) is 6.65. The highest BCUT2D eigenvalue weighted by Gasteiger charge is 2.16. The maximum atomic E-state index is 11.8. The minimum Gasteiger partial charge on any atom is -0.352 e. The molecule has 5 nitrogen and oxygen atoms in total. The second kappa shape index (κ2) is 7.08. The molecule has 0 aliphatic carbocycles. The van der Waals surface area contributed by atoms with Gasteiger partial charge in [0.05, 0.1) is 5.25 Å². The summed E-state index contributed by atoms with van der Waals surface area (Å²) in [7, 11) is 0. The van der Waals surface area contributed by atoms with Crippen molar-refractivity contribution < 1.29 is 4.79 Å². The third kappa shape index (κ3) is 4.19. The van der Waals surface area contributed by atoms with E-state index in [0.29, 0.717) is 17.5 Å². The highest BCUT2D eigenvalue weighted by molar-refractivity contribution is 8.00. The first-order valence-corrected chi connectivity index (χ1v) is 7.53. The Bertz CT molecular complexity index is 621. The van der Waals surface area contributed by atoms with E-state index in [2.05, 4.69) is 27.1 Å². The number of aromatic nitrogens is 3. The third-order valence-electron chi connectivity index (χ3n) is 2.86. The van der Waals surface area contributed by atoms with Crippen molar-refractivity contribution in [2.24, 2.45) is 0 Å². The van der Waals surface area contributed by atoms with Crippen molar-refractivity contribution >= 4 is 17.7 Å². The van der Waals surface area contributed by atoms with Crippen LogP contribution in [-0.2, 0) is 4.79 Å². The molecule has 0 aliphatic rings. The summed E-state index contributed by atoms with van der Waals surface area (Å²) >= 11 is 1.32. The molecule has 1 aromatic carbocycles. The summed E-state index contributed by atoms with van der Waals surface area (Å²) in [5.74, 6) is 0.651. The Morgan fingerprint density at radius 3 is 2.86 bits per heavy atom. The van der Waals surface area contributed by atoms with E-state index in [4.69, 9.17) is 0 Å². The molecule has 21 heavy (non-hydrogen) atoms. The molecular formula is C15H18N4OS. The third-order valence-corrected chi connectivity index (χ3v) is 3.82. The van der Waals surface area contributed by atoms with E-state index in [0.717, 1.165) is 5.56 Å². The van der Waals surface area contributed by atoms with E-state index in [-0.39, 0.29) is 11.2 Å². The normalized spacial score (nSPS) is 11.9. The predicted octanol–water partition coefficient (Wildman–Crippen LogP) is 2.56. The average Bonchev–Trinajstić information content (AvgIpc) is 2.93. The zero-order valence-electron chi connectivity index (χ0n) is 12.1. The number of H-pyrrole nitrogens is 1. The van der Waals surface area contributed by atoms with Crippen LogP contribution in [0.15, 0.2) is 42.1 Å². The topological polar surface area (TPSA) is 70.7 Å². The maximum Gasteiger partial charge on any atom is 0.233 e. The van der Waals surface area contributed by atoms with Gasteiger partial charge in [-0.2, -0.15) is 0 Å². The van der Waals surface area contributed by atoms with Gasteiger partial charge in [0.25, 0.3) is 0 Å². The average molecular weight is 302 g/mol. The van der Waals surface area contributed by atoms with Crippen LogP contribution in [0.25, 0.3) is 11.4 Å². The van der Waals surface area contributed by atoms with Gasteiger partial charge in [0.15, 0.2) is 5.82 Å². The minimum absolute atomic E-state index is 0.0541. The van der Waals surface area contributed by atoms with E-state index >= 15 is 0 Å². The summed E-state index contributed by atoms with van der Waals surface area (Å²) in [5, 5.41) is 10.1. The van der Waals surface area contributed by atoms with Crippen molar-refractivity contribution in [3.05, 3.63) is 42.5 Å². The monoisotopic (exact) mass is 302 g/mol. The van der Waals surface area contributed by atoms with Crippen LogP contribution in [0.5, 0.6) is 0 Å². The standard InChI is InChI=1S/C15H18N4OS/c1-4-9-16-14(20)11(3)21-15-17-13(18-19-15)12-7-5-10(2)6-8-12/h4-8,11H,1,9H2,2-3H3,(H,16,20)(H,17,18,19). The molecule has 0 saturated carbocycles. The fourth-order valence-corrected chi connectivity index (χ4v) is 2.42. The molecule has 1 aromatic heterocycles. The van der Waals surface area contributed by atoms with Gasteiger partial charge in [-0.15, -0.1) is 11.7 Å². The lowest BCUT2D eigenvalue weighted by molar-refractivity contribution is -0.120. The molecule has 2 N–H and O–H groups in total. The molecule has 0 saturated heterocycles.